The van der Waals surface area contributed by atoms with Crippen molar-refractivity contribution in [3.8, 4) is 5.69 Å². The fourth-order valence-corrected chi connectivity index (χ4v) is 3.70. The molecule has 2 atom stereocenters. The van der Waals surface area contributed by atoms with Crippen molar-refractivity contribution in [1.82, 2.24) is 14.5 Å². The second-order valence-corrected chi connectivity index (χ2v) is 6.57. The zero-order valence-corrected chi connectivity index (χ0v) is 13.0. The molecule has 2 aromatic heterocycles. The van der Waals surface area contributed by atoms with Crippen LogP contribution in [0.3, 0.4) is 0 Å². The first-order valence-electron chi connectivity index (χ1n) is 7.59. The lowest BCUT2D eigenvalue weighted by Gasteiger charge is -2.18. The summed E-state index contributed by atoms with van der Waals surface area (Å²) in [6, 6.07) is 5.04. The lowest BCUT2D eigenvalue weighted by Crippen LogP contribution is -2.25. The minimum absolute atomic E-state index is 0.0842. The van der Waals surface area contributed by atoms with Crippen LogP contribution in [0.5, 0.6) is 0 Å². The molecule has 2 aromatic rings. The first-order chi connectivity index (χ1) is 10.7. The van der Waals surface area contributed by atoms with Gasteiger partial charge in [-0.25, -0.2) is 9.97 Å². The van der Waals surface area contributed by atoms with Crippen LogP contribution >= 0.6 is 11.6 Å². The first kappa shape index (κ1) is 13.8. The number of fused-ring (bicyclic) bond motifs is 1. The van der Waals surface area contributed by atoms with Crippen molar-refractivity contribution < 1.29 is 0 Å². The first-order valence-corrected chi connectivity index (χ1v) is 7.97. The van der Waals surface area contributed by atoms with Crippen LogP contribution in [-0.2, 0) is 0 Å². The number of halogens is 1. The maximum atomic E-state index is 12.6. The van der Waals surface area contributed by atoms with E-state index in [1.165, 1.54) is 12.5 Å². The summed E-state index contributed by atoms with van der Waals surface area (Å²) in [7, 11) is 1.78. The Bertz CT molecular complexity index is 761. The number of hydrogen-bond donors (Lipinski definition) is 1. The molecule has 2 fully saturated rings. The highest BCUT2D eigenvalue weighted by Crippen LogP contribution is 2.57. The molecule has 114 valence electrons. The van der Waals surface area contributed by atoms with Crippen LogP contribution < -0.4 is 10.9 Å². The predicted molar refractivity (Wildman–Crippen MR) is 85.8 cm³/mol. The van der Waals surface area contributed by atoms with E-state index in [0.717, 1.165) is 36.2 Å². The molecule has 0 bridgehead atoms. The largest absolute Gasteiger partial charge is 0.373 e. The maximum Gasteiger partial charge on any atom is 0.260 e. The molecule has 0 aromatic carbocycles. The van der Waals surface area contributed by atoms with Crippen molar-refractivity contribution >= 4 is 17.4 Å². The summed E-state index contributed by atoms with van der Waals surface area (Å²) >= 11 is 5.85. The average molecular weight is 317 g/mol. The molecule has 0 radical (unpaired) electrons. The third kappa shape index (κ3) is 2.29. The van der Waals surface area contributed by atoms with E-state index in [-0.39, 0.29) is 5.56 Å². The smallest absolute Gasteiger partial charge is 0.260 e. The lowest BCUT2D eigenvalue weighted by molar-refractivity contribution is 0.569. The van der Waals surface area contributed by atoms with Gasteiger partial charge in [-0.2, -0.15) is 0 Å². The van der Waals surface area contributed by atoms with Crippen LogP contribution in [0, 0.1) is 11.8 Å². The Morgan fingerprint density at radius 1 is 1.27 bits per heavy atom. The Balaban J connectivity index is 1.84. The van der Waals surface area contributed by atoms with E-state index in [0.29, 0.717) is 16.9 Å². The van der Waals surface area contributed by atoms with E-state index in [9.17, 15) is 4.79 Å². The Hall–Kier alpha value is -1.88. The minimum atomic E-state index is -0.0842. The van der Waals surface area contributed by atoms with Crippen molar-refractivity contribution in [2.45, 2.75) is 25.2 Å². The number of nitrogens with one attached hydrogen (secondary N) is 1. The van der Waals surface area contributed by atoms with Crippen molar-refractivity contribution in [3.05, 3.63) is 45.7 Å². The Morgan fingerprint density at radius 2 is 2.05 bits per heavy atom. The fraction of sp³-hybridized carbons (Fsp3) is 0.438. The number of hydrogen-bond acceptors (Lipinski definition) is 4. The number of pyridine rings is 1. The highest BCUT2D eigenvalue weighted by Gasteiger charge is 2.47. The van der Waals surface area contributed by atoms with Crippen LogP contribution in [0.15, 0.2) is 29.2 Å². The fourth-order valence-electron chi connectivity index (χ4n) is 3.59. The maximum absolute atomic E-state index is 12.6. The van der Waals surface area contributed by atoms with Crippen LogP contribution in [0.2, 0.25) is 5.15 Å². The third-order valence-corrected chi connectivity index (χ3v) is 5.00. The van der Waals surface area contributed by atoms with Crippen molar-refractivity contribution in [1.29, 1.82) is 0 Å². The van der Waals surface area contributed by atoms with Crippen molar-refractivity contribution in [2.75, 3.05) is 12.4 Å². The third-order valence-electron chi connectivity index (χ3n) is 4.78. The van der Waals surface area contributed by atoms with E-state index in [2.05, 4.69) is 15.3 Å². The predicted octanol–water partition coefficient (Wildman–Crippen LogP) is 2.84. The molecule has 1 N–H and O–H groups in total. The van der Waals surface area contributed by atoms with Crippen molar-refractivity contribution in [3.63, 3.8) is 0 Å². The number of rotatable bonds is 3. The van der Waals surface area contributed by atoms with E-state index in [4.69, 9.17) is 11.6 Å². The Kier molecular flexibility index (Phi) is 3.18. The quantitative estimate of drug-likeness (QED) is 0.885. The summed E-state index contributed by atoms with van der Waals surface area (Å²) in [6.07, 6.45) is 5.23. The van der Waals surface area contributed by atoms with Gasteiger partial charge >= 0.3 is 0 Å². The van der Waals surface area contributed by atoms with Gasteiger partial charge in [0.25, 0.3) is 5.56 Å². The van der Waals surface area contributed by atoms with Gasteiger partial charge in [0.05, 0.1) is 11.9 Å². The van der Waals surface area contributed by atoms with Gasteiger partial charge in [-0.05, 0) is 43.2 Å². The monoisotopic (exact) mass is 316 g/mol. The molecule has 0 amide bonds. The van der Waals surface area contributed by atoms with Gasteiger partial charge in [0, 0.05) is 19.0 Å². The molecule has 2 aliphatic rings. The van der Waals surface area contributed by atoms with Gasteiger partial charge in [0.15, 0.2) is 0 Å². The zero-order valence-electron chi connectivity index (χ0n) is 12.3. The standard InChI is InChI=1S/C16H17ClN4O/c1-18-14-7-15(22)21(12-2-3-13(17)19-8-12)16(20-14)11-5-9-4-10(9)6-11/h2-3,7-11,18H,4-6H2,1H3. The SMILES string of the molecule is CNc1cc(=O)n(-c2ccc(Cl)nc2)c(C2CC3CC3C2)n1. The van der Waals surface area contributed by atoms with Gasteiger partial charge in [-0.1, -0.05) is 11.6 Å². The van der Waals surface area contributed by atoms with Crippen LogP contribution in [0.1, 0.15) is 31.0 Å². The molecule has 2 saturated carbocycles. The van der Waals surface area contributed by atoms with Crippen LogP contribution in [0.25, 0.3) is 5.69 Å². The molecule has 2 aliphatic carbocycles. The Morgan fingerprint density at radius 3 is 2.68 bits per heavy atom. The topological polar surface area (TPSA) is 59.8 Å². The summed E-state index contributed by atoms with van der Waals surface area (Å²) in [6.45, 7) is 0. The molecule has 2 heterocycles. The molecule has 0 aliphatic heterocycles. The highest BCUT2D eigenvalue weighted by atomic mass is 35.5. The minimum Gasteiger partial charge on any atom is -0.373 e. The van der Waals surface area contributed by atoms with E-state index < -0.39 is 0 Å². The summed E-state index contributed by atoms with van der Waals surface area (Å²) < 4.78 is 1.68. The van der Waals surface area contributed by atoms with Crippen molar-refractivity contribution in [2.24, 2.45) is 11.8 Å². The second kappa shape index (κ2) is 5.09. The van der Waals surface area contributed by atoms with E-state index >= 15 is 0 Å². The summed E-state index contributed by atoms with van der Waals surface area (Å²) in [5, 5.41) is 3.40. The molecular weight excluding hydrogens is 300 g/mol. The van der Waals surface area contributed by atoms with Gasteiger partial charge in [-0.15, -0.1) is 0 Å². The summed E-state index contributed by atoms with van der Waals surface area (Å²) in [4.78, 5) is 21.3. The molecule has 22 heavy (non-hydrogen) atoms. The molecule has 0 saturated heterocycles. The zero-order chi connectivity index (χ0) is 15.3. The highest BCUT2D eigenvalue weighted by molar-refractivity contribution is 6.29. The van der Waals surface area contributed by atoms with Gasteiger partial charge in [-0.3, -0.25) is 9.36 Å². The molecule has 2 unspecified atom stereocenters. The normalized spacial score (nSPS) is 25.8. The number of nitrogens with zero attached hydrogens (tertiary/aromatic N) is 3. The van der Waals surface area contributed by atoms with Gasteiger partial charge in [0.2, 0.25) is 0 Å². The Labute approximate surface area is 133 Å². The van der Waals surface area contributed by atoms with Crippen LogP contribution in [0.4, 0.5) is 5.82 Å². The lowest BCUT2D eigenvalue weighted by atomic mass is 10.0. The number of aromatic nitrogens is 3. The van der Waals surface area contributed by atoms with Gasteiger partial charge < -0.3 is 5.32 Å². The molecule has 5 nitrogen and oxygen atoms in total. The van der Waals surface area contributed by atoms with E-state index in [1.54, 1.807) is 23.9 Å². The molecule has 6 heteroatoms. The van der Waals surface area contributed by atoms with Crippen LogP contribution in [-0.4, -0.2) is 21.6 Å². The van der Waals surface area contributed by atoms with E-state index in [1.807, 2.05) is 6.07 Å². The average Bonchev–Trinajstić information content (AvgIpc) is 3.13. The molecule has 0 spiro atoms. The molecule has 4 rings (SSSR count). The summed E-state index contributed by atoms with van der Waals surface area (Å²) in [5.41, 5.74) is 0.638. The van der Waals surface area contributed by atoms with Gasteiger partial charge in [0.1, 0.15) is 16.8 Å². The molecular formula is C16H17ClN4O. The summed E-state index contributed by atoms with van der Waals surface area (Å²) in [5.74, 6) is 3.47. The number of anilines is 1. The second-order valence-electron chi connectivity index (χ2n) is 6.19.